The van der Waals surface area contributed by atoms with Crippen LogP contribution in [0.5, 0.6) is 0 Å². The van der Waals surface area contributed by atoms with Crippen molar-refractivity contribution < 1.29 is 27.8 Å². The Bertz CT molecular complexity index is 383. The van der Waals surface area contributed by atoms with Crippen molar-refractivity contribution in [2.75, 3.05) is 39.9 Å². The van der Waals surface area contributed by atoms with Crippen molar-refractivity contribution in [2.24, 2.45) is 5.41 Å². The van der Waals surface area contributed by atoms with Crippen LogP contribution in [0.1, 0.15) is 12.8 Å². The van der Waals surface area contributed by atoms with E-state index in [0.717, 1.165) is 4.90 Å². The predicted molar refractivity (Wildman–Crippen MR) is 64.0 cm³/mol. The summed E-state index contributed by atoms with van der Waals surface area (Å²) in [6, 6.07) is 0. The molecule has 116 valence electrons. The molecule has 20 heavy (non-hydrogen) atoms. The molecule has 0 saturated carbocycles. The summed E-state index contributed by atoms with van der Waals surface area (Å²) in [6.45, 7) is 0.411. The van der Waals surface area contributed by atoms with Crippen LogP contribution in [0, 0.1) is 5.41 Å². The van der Waals surface area contributed by atoms with Gasteiger partial charge in [0.05, 0.1) is 18.6 Å². The van der Waals surface area contributed by atoms with Gasteiger partial charge < -0.3 is 20.1 Å². The molecular formula is C12H19F3N2O3. The lowest BCUT2D eigenvalue weighted by Gasteiger charge is -2.32. The average Bonchev–Trinajstić information content (AvgIpc) is 2.96. The Morgan fingerprint density at radius 2 is 2.15 bits per heavy atom. The number of carbonyl (C=O) groups is 1. The highest BCUT2D eigenvalue weighted by Crippen LogP contribution is 2.39. The first-order valence-corrected chi connectivity index (χ1v) is 6.52. The van der Waals surface area contributed by atoms with E-state index < -0.39 is 30.2 Å². The zero-order valence-electron chi connectivity index (χ0n) is 11.3. The minimum atomic E-state index is -4.72. The summed E-state index contributed by atoms with van der Waals surface area (Å²) in [4.78, 5) is 13.6. The number of carbonyl (C=O) groups excluding carboxylic acids is 1. The summed E-state index contributed by atoms with van der Waals surface area (Å²) < 4.78 is 43.4. The van der Waals surface area contributed by atoms with Crippen LogP contribution < -0.4 is 5.32 Å². The minimum absolute atomic E-state index is 0.0830. The molecule has 2 heterocycles. The molecule has 0 aromatic heterocycles. The number of nitrogens with one attached hydrogen (secondary N) is 1. The van der Waals surface area contributed by atoms with E-state index in [-0.39, 0.29) is 19.1 Å². The molecule has 0 bridgehead atoms. The number of hydrogen-bond acceptors (Lipinski definition) is 4. The zero-order chi connectivity index (χ0) is 15.0. The van der Waals surface area contributed by atoms with Gasteiger partial charge in [0.25, 0.3) is 0 Å². The van der Waals surface area contributed by atoms with Crippen LogP contribution in [-0.4, -0.2) is 67.6 Å². The Morgan fingerprint density at radius 1 is 1.45 bits per heavy atom. The minimum Gasteiger partial charge on any atom is -0.384 e. The molecule has 2 aliphatic heterocycles. The highest BCUT2D eigenvalue weighted by atomic mass is 19.4. The Morgan fingerprint density at radius 3 is 2.60 bits per heavy atom. The zero-order valence-corrected chi connectivity index (χ0v) is 11.3. The van der Waals surface area contributed by atoms with Crippen molar-refractivity contribution in [3.8, 4) is 0 Å². The van der Waals surface area contributed by atoms with Crippen molar-refractivity contribution in [2.45, 2.75) is 24.6 Å². The topological polar surface area (TPSA) is 61.8 Å². The number of aliphatic hydroxyl groups is 1. The summed E-state index contributed by atoms with van der Waals surface area (Å²) in [5.41, 5.74) is -3.60. The third-order valence-electron chi connectivity index (χ3n) is 4.18. The van der Waals surface area contributed by atoms with Crippen LogP contribution in [0.2, 0.25) is 0 Å². The fourth-order valence-electron chi connectivity index (χ4n) is 2.92. The number of amides is 1. The second kappa shape index (κ2) is 5.16. The van der Waals surface area contributed by atoms with E-state index in [0.29, 0.717) is 19.5 Å². The molecule has 0 aromatic rings. The van der Waals surface area contributed by atoms with Gasteiger partial charge in [-0.3, -0.25) is 4.79 Å². The maximum atomic E-state index is 12.8. The molecule has 2 N–H and O–H groups in total. The van der Waals surface area contributed by atoms with Crippen LogP contribution in [0.4, 0.5) is 13.2 Å². The monoisotopic (exact) mass is 296 g/mol. The molecule has 0 aromatic carbocycles. The molecule has 0 aliphatic carbocycles. The maximum Gasteiger partial charge on any atom is 0.419 e. The van der Waals surface area contributed by atoms with Gasteiger partial charge in [0.15, 0.2) is 5.60 Å². The van der Waals surface area contributed by atoms with Crippen LogP contribution in [0.25, 0.3) is 0 Å². The Labute approximate surface area is 115 Å². The lowest BCUT2D eigenvalue weighted by Crippen LogP contribution is -2.51. The van der Waals surface area contributed by atoms with Crippen LogP contribution >= 0.6 is 0 Å². The molecular weight excluding hydrogens is 277 g/mol. The number of hydrogen-bond donors (Lipinski definition) is 2. The molecule has 2 atom stereocenters. The van der Waals surface area contributed by atoms with Crippen LogP contribution in [0.3, 0.4) is 0 Å². The molecule has 1 amide bonds. The van der Waals surface area contributed by atoms with Crippen LogP contribution in [0.15, 0.2) is 0 Å². The van der Waals surface area contributed by atoms with E-state index in [1.807, 2.05) is 0 Å². The summed E-state index contributed by atoms with van der Waals surface area (Å²) >= 11 is 0. The maximum absolute atomic E-state index is 12.8. The van der Waals surface area contributed by atoms with Gasteiger partial charge in [0, 0.05) is 26.6 Å². The van der Waals surface area contributed by atoms with Crippen molar-refractivity contribution in [1.82, 2.24) is 10.2 Å². The molecule has 5 nitrogen and oxygen atoms in total. The second-order valence-corrected chi connectivity index (χ2v) is 5.65. The van der Waals surface area contributed by atoms with E-state index >= 15 is 0 Å². The standard InChI is InChI=1S/C12H19F3N2O3/c1-20-8-10(2-4-16-6-10)9(18)17-5-3-11(19,7-17)12(13,14)15/h16,19H,2-8H2,1H3. The molecule has 2 fully saturated rings. The summed E-state index contributed by atoms with van der Waals surface area (Å²) in [7, 11) is 1.46. The van der Waals surface area contributed by atoms with Gasteiger partial charge in [0.2, 0.25) is 5.91 Å². The number of halogens is 3. The molecule has 0 spiro atoms. The van der Waals surface area contributed by atoms with E-state index in [1.54, 1.807) is 0 Å². The Balaban J connectivity index is 2.11. The van der Waals surface area contributed by atoms with Gasteiger partial charge in [0.1, 0.15) is 0 Å². The molecule has 0 radical (unpaired) electrons. The van der Waals surface area contributed by atoms with Gasteiger partial charge in [-0.15, -0.1) is 0 Å². The third kappa shape index (κ3) is 2.51. The number of rotatable bonds is 3. The lowest BCUT2D eigenvalue weighted by atomic mass is 9.86. The Hall–Kier alpha value is -0.860. The Kier molecular flexibility index (Phi) is 4.01. The molecule has 8 heteroatoms. The number of β-amino-alcohol motifs (C(OH)–C–C–N with tert-alkyl or cyclic N) is 1. The molecule has 2 rings (SSSR count). The molecule has 2 saturated heterocycles. The summed E-state index contributed by atoms with van der Waals surface area (Å²) in [5, 5.41) is 12.7. The first kappa shape index (κ1) is 15.5. The fourth-order valence-corrected chi connectivity index (χ4v) is 2.92. The number of alkyl halides is 3. The quantitative estimate of drug-likeness (QED) is 0.777. The smallest absolute Gasteiger partial charge is 0.384 e. The molecule has 2 unspecified atom stereocenters. The highest BCUT2D eigenvalue weighted by molar-refractivity contribution is 5.84. The van der Waals surface area contributed by atoms with Gasteiger partial charge in [-0.1, -0.05) is 0 Å². The van der Waals surface area contributed by atoms with Gasteiger partial charge in [-0.05, 0) is 13.0 Å². The van der Waals surface area contributed by atoms with Crippen molar-refractivity contribution in [1.29, 1.82) is 0 Å². The van der Waals surface area contributed by atoms with Gasteiger partial charge in [-0.25, -0.2) is 0 Å². The van der Waals surface area contributed by atoms with E-state index in [2.05, 4.69) is 5.32 Å². The normalized spacial score (nSPS) is 34.8. The van der Waals surface area contributed by atoms with Crippen molar-refractivity contribution in [3.63, 3.8) is 0 Å². The summed E-state index contributed by atoms with van der Waals surface area (Å²) in [5.74, 6) is -0.371. The van der Waals surface area contributed by atoms with Crippen LogP contribution in [-0.2, 0) is 9.53 Å². The number of nitrogens with zero attached hydrogens (tertiary/aromatic N) is 1. The van der Waals surface area contributed by atoms with E-state index in [4.69, 9.17) is 4.74 Å². The predicted octanol–water partition coefficient (Wildman–Crippen LogP) is 0.138. The van der Waals surface area contributed by atoms with E-state index in [1.165, 1.54) is 7.11 Å². The van der Waals surface area contributed by atoms with Gasteiger partial charge >= 0.3 is 6.18 Å². The lowest BCUT2D eigenvalue weighted by molar-refractivity contribution is -0.253. The largest absolute Gasteiger partial charge is 0.419 e. The summed E-state index contributed by atoms with van der Waals surface area (Å²) in [6.07, 6.45) is -4.66. The van der Waals surface area contributed by atoms with Gasteiger partial charge in [-0.2, -0.15) is 13.2 Å². The first-order chi connectivity index (χ1) is 9.24. The number of likely N-dealkylation sites (tertiary alicyclic amines) is 1. The first-order valence-electron chi connectivity index (χ1n) is 6.52. The van der Waals surface area contributed by atoms with Crippen molar-refractivity contribution >= 4 is 5.91 Å². The highest BCUT2D eigenvalue weighted by Gasteiger charge is 2.59. The van der Waals surface area contributed by atoms with Crippen molar-refractivity contribution in [3.05, 3.63) is 0 Å². The second-order valence-electron chi connectivity index (χ2n) is 5.65. The van der Waals surface area contributed by atoms with E-state index in [9.17, 15) is 23.1 Å². The SMILES string of the molecule is COCC1(C(=O)N2CCC(O)(C(F)(F)F)C2)CCNC1. The number of ether oxygens (including phenoxy) is 1. The molecule has 2 aliphatic rings. The third-order valence-corrected chi connectivity index (χ3v) is 4.18. The number of methoxy groups -OCH3 is 1. The fraction of sp³-hybridized carbons (Fsp3) is 0.917. The average molecular weight is 296 g/mol.